The van der Waals surface area contributed by atoms with Crippen molar-refractivity contribution in [3.05, 3.63) is 40.7 Å². The smallest absolute Gasteiger partial charge is 0.336 e. The molecule has 45 heavy (non-hydrogen) atoms. The first kappa shape index (κ1) is 32.3. The number of aliphatic hydroxyl groups is 3. The number of carbonyl (C=O) groups is 5. The molecule has 1 spiro atoms. The maximum atomic E-state index is 13.0. The second-order valence-electron chi connectivity index (χ2n) is 12.0. The molecule has 7 atom stereocenters. The van der Waals surface area contributed by atoms with Crippen molar-refractivity contribution in [3.8, 4) is 5.75 Å². The summed E-state index contributed by atoms with van der Waals surface area (Å²) in [5, 5.41) is 52.7. The molecule has 1 aromatic carbocycles. The van der Waals surface area contributed by atoms with Gasteiger partial charge in [0, 0.05) is 23.6 Å². The van der Waals surface area contributed by atoms with Crippen molar-refractivity contribution in [1.82, 2.24) is 10.2 Å². The highest BCUT2D eigenvalue weighted by atomic mass is 16.6. The third-order valence-electron chi connectivity index (χ3n) is 9.37. The number of aliphatic hydroxyl groups excluding tert-OH is 2. The lowest BCUT2D eigenvalue weighted by Gasteiger charge is -2.56. The van der Waals surface area contributed by atoms with Gasteiger partial charge in [-0.2, -0.15) is 0 Å². The largest absolute Gasteiger partial charge is 0.481 e. The topological polar surface area (TPSA) is 229 Å². The van der Waals surface area contributed by atoms with Crippen LogP contribution < -0.4 is 10.1 Å². The third kappa shape index (κ3) is 5.43. The molecular weight excluding hydrogens is 596 g/mol. The Bertz CT molecular complexity index is 1460. The molecule has 2 aliphatic heterocycles. The Morgan fingerprint density at radius 2 is 1.91 bits per heavy atom. The van der Waals surface area contributed by atoms with Gasteiger partial charge in [0.05, 0.1) is 30.5 Å². The first-order chi connectivity index (χ1) is 21.2. The van der Waals surface area contributed by atoms with Crippen LogP contribution in [0.5, 0.6) is 5.75 Å². The predicted octanol–water partition coefficient (Wildman–Crippen LogP) is -0.883. The number of rotatable bonds is 11. The Morgan fingerprint density at radius 1 is 1.18 bits per heavy atom. The van der Waals surface area contributed by atoms with E-state index in [4.69, 9.17) is 24.4 Å². The quantitative estimate of drug-likeness (QED) is 0.163. The minimum atomic E-state index is -2.05. The average Bonchev–Trinajstić information content (AvgIpc) is 3.31. The molecule has 2 bridgehead atoms. The minimum absolute atomic E-state index is 0.104. The van der Waals surface area contributed by atoms with Crippen LogP contribution in [0.3, 0.4) is 0 Å². The maximum absolute atomic E-state index is 13.0. The molecule has 0 aromatic heterocycles. The molecule has 1 amide bonds. The summed E-state index contributed by atoms with van der Waals surface area (Å²) in [6.07, 6.45) is -2.84. The summed E-state index contributed by atoms with van der Waals surface area (Å²) < 4.78 is 16.9. The number of carboxylic acid groups (broad SMARTS) is 2. The fraction of sp³-hybridized carbons (Fsp3) is 0.567. The SMILES string of the molecule is C[C@H](OC(=O)[C@@H](O)CC(=O)OC1=CC[C@@]2(O)[C@H]3Cc4ccc(CO)c5c4[C@@]2(CCCN3C)[C@H]1O5)C(=O)N[C@H](CC(=O)O)C(=O)O. The summed E-state index contributed by atoms with van der Waals surface area (Å²) in [7, 11) is 1.96. The number of ether oxygens (including phenoxy) is 3. The Morgan fingerprint density at radius 3 is 2.58 bits per heavy atom. The lowest BCUT2D eigenvalue weighted by atomic mass is 9.52. The number of amides is 1. The molecule has 6 N–H and O–H groups in total. The summed E-state index contributed by atoms with van der Waals surface area (Å²) in [5.41, 5.74) is 0.0784. The second kappa shape index (κ2) is 12.0. The third-order valence-corrected chi connectivity index (χ3v) is 9.37. The number of aliphatic carboxylic acids is 2. The molecule has 4 aliphatic rings. The zero-order chi connectivity index (χ0) is 32.8. The Kier molecular flexibility index (Phi) is 8.65. The van der Waals surface area contributed by atoms with E-state index in [1.54, 1.807) is 12.1 Å². The number of likely N-dealkylation sites (N-methyl/N-ethyl adjacent to an activating group) is 1. The highest BCUT2D eigenvalue weighted by molar-refractivity contribution is 5.90. The number of nitrogens with one attached hydrogen (secondary N) is 1. The van der Waals surface area contributed by atoms with Crippen molar-refractivity contribution in [2.24, 2.45) is 0 Å². The molecule has 2 heterocycles. The van der Waals surface area contributed by atoms with Gasteiger partial charge in [0.15, 0.2) is 18.3 Å². The van der Waals surface area contributed by atoms with E-state index in [0.717, 1.165) is 31.0 Å². The molecule has 0 unspecified atom stereocenters. The Balaban J connectivity index is 1.29. The van der Waals surface area contributed by atoms with Crippen LogP contribution in [0.25, 0.3) is 0 Å². The van der Waals surface area contributed by atoms with Gasteiger partial charge >= 0.3 is 23.9 Å². The van der Waals surface area contributed by atoms with E-state index >= 15 is 0 Å². The van der Waals surface area contributed by atoms with Crippen LogP contribution in [0.15, 0.2) is 24.0 Å². The molecule has 0 saturated carbocycles. The lowest BCUT2D eigenvalue weighted by Crippen LogP contribution is -2.69. The molecule has 5 rings (SSSR count). The Labute approximate surface area is 257 Å². The van der Waals surface area contributed by atoms with Crippen molar-refractivity contribution in [2.45, 2.75) is 93.5 Å². The zero-order valence-electron chi connectivity index (χ0n) is 24.7. The fourth-order valence-electron chi connectivity index (χ4n) is 7.27. The maximum Gasteiger partial charge on any atom is 0.336 e. The van der Waals surface area contributed by atoms with Gasteiger partial charge in [-0.15, -0.1) is 0 Å². The van der Waals surface area contributed by atoms with E-state index in [-0.39, 0.29) is 24.8 Å². The standard InChI is InChI=1S/C30H36N2O13/c1-14(26(38)31-17(27(39)40)11-21(35)36)43-28(41)18(34)12-22(37)44-19-6-8-30(42)20-10-15-4-5-16(13-33)24-23(15)29(30,25(19)45-24)7-3-9-32(20)2/h4-6,14,17-18,20,25,33-34,42H,3,7-13H2,1-2H3,(H,31,38)(H,35,36)(H,39,40)/t14-,17+,18-,20+,25-,29-,30+/m0/s1. The summed E-state index contributed by atoms with van der Waals surface area (Å²) in [5.74, 6) is -6.03. The molecule has 1 fully saturated rings. The normalized spacial score (nSPS) is 28.2. The van der Waals surface area contributed by atoms with Gasteiger partial charge in [-0.1, -0.05) is 12.1 Å². The first-order valence-electron chi connectivity index (χ1n) is 14.6. The van der Waals surface area contributed by atoms with Gasteiger partial charge in [0.1, 0.15) is 17.6 Å². The number of likely N-dealkylation sites (tertiary alicyclic amines) is 1. The molecule has 0 radical (unpaired) electrons. The number of hydrogen-bond acceptors (Lipinski definition) is 12. The van der Waals surface area contributed by atoms with Crippen molar-refractivity contribution in [2.75, 3.05) is 13.6 Å². The molecule has 2 aliphatic carbocycles. The van der Waals surface area contributed by atoms with Gasteiger partial charge < -0.3 is 50.0 Å². The molecule has 1 saturated heterocycles. The molecule has 15 nitrogen and oxygen atoms in total. The van der Waals surface area contributed by atoms with Gasteiger partial charge in [-0.05, 0) is 51.4 Å². The summed E-state index contributed by atoms with van der Waals surface area (Å²) in [4.78, 5) is 61.9. The van der Waals surface area contributed by atoms with Crippen LogP contribution in [-0.2, 0) is 51.9 Å². The minimum Gasteiger partial charge on any atom is -0.481 e. The van der Waals surface area contributed by atoms with Crippen molar-refractivity contribution < 1.29 is 63.7 Å². The van der Waals surface area contributed by atoms with Gasteiger partial charge in [0.2, 0.25) is 0 Å². The van der Waals surface area contributed by atoms with Crippen molar-refractivity contribution in [3.63, 3.8) is 0 Å². The summed E-state index contributed by atoms with van der Waals surface area (Å²) in [6, 6.07) is 1.69. The predicted molar refractivity (Wildman–Crippen MR) is 150 cm³/mol. The van der Waals surface area contributed by atoms with Gasteiger partial charge in [-0.3, -0.25) is 14.4 Å². The molecule has 1 aromatic rings. The van der Waals surface area contributed by atoms with Gasteiger partial charge in [-0.25, -0.2) is 9.59 Å². The molecule has 15 heteroatoms. The van der Waals surface area contributed by atoms with Crippen LogP contribution in [0.1, 0.15) is 55.7 Å². The van der Waals surface area contributed by atoms with E-state index in [1.165, 1.54) is 0 Å². The first-order valence-corrected chi connectivity index (χ1v) is 14.6. The van der Waals surface area contributed by atoms with E-state index < -0.39 is 78.0 Å². The van der Waals surface area contributed by atoms with Gasteiger partial charge in [0.25, 0.3) is 5.91 Å². The summed E-state index contributed by atoms with van der Waals surface area (Å²) in [6.45, 7) is 1.51. The van der Waals surface area contributed by atoms with E-state index in [2.05, 4.69) is 4.90 Å². The van der Waals surface area contributed by atoms with Crippen molar-refractivity contribution in [1.29, 1.82) is 0 Å². The molecule has 244 valence electrons. The highest BCUT2D eigenvalue weighted by Gasteiger charge is 2.70. The second-order valence-corrected chi connectivity index (χ2v) is 12.0. The number of carbonyl (C=O) groups excluding carboxylic acids is 3. The Hall–Kier alpha value is -4.05. The summed E-state index contributed by atoms with van der Waals surface area (Å²) >= 11 is 0. The monoisotopic (exact) mass is 632 g/mol. The zero-order valence-corrected chi connectivity index (χ0v) is 24.7. The van der Waals surface area contributed by atoms with Crippen molar-refractivity contribution >= 4 is 29.8 Å². The van der Waals surface area contributed by atoms with Crippen LogP contribution >= 0.6 is 0 Å². The van der Waals surface area contributed by atoms with E-state index in [1.807, 2.05) is 18.4 Å². The lowest BCUT2D eigenvalue weighted by molar-refractivity contribution is -0.167. The van der Waals surface area contributed by atoms with E-state index in [9.17, 15) is 39.3 Å². The number of nitrogens with zero attached hydrogens (tertiary/aromatic N) is 1. The number of benzene rings is 1. The van der Waals surface area contributed by atoms with Crippen LogP contribution in [0, 0.1) is 0 Å². The van der Waals surface area contributed by atoms with Crippen LogP contribution in [-0.4, -0.2) is 110 Å². The fourth-order valence-corrected chi connectivity index (χ4v) is 7.27. The van der Waals surface area contributed by atoms with Crippen LogP contribution in [0.4, 0.5) is 0 Å². The highest BCUT2D eigenvalue weighted by Crippen LogP contribution is 2.64. The van der Waals surface area contributed by atoms with Crippen LogP contribution in [0.2, 0.25) is 0 Å². The molecular formula is C30H36N2O13. The number of carboxylic acids is 2. The average molecular weight is 633 g/mol. The number of esters is 2. The number of hydrogen-bond donors (Lipinski definition) is 6. The van der Waals surface area contributed by atoms with E-state index in [0.29, 0.717) is 24.2 Å².